The third-order valence-corrected chi connectivity index (χ3v) is 14.2. The minimum Gasteiger partial charge on any atom is -0.493 e. The number of benzene rings is 4. The second kappa shape index (κ2) is 42.7. The number of rotatable bonds is 36. The Labute approximate surface area is 459 Å². The van der Waals surface area contributed by atoms with Crippen LogP contribution in [0.25, 0.3) is 16.9 Å². The van der Waals surface area contributed by atoms with Gasteiger partial charge in [0.15, 0.2) is 0 Å². The van der Waals surface area contributed by atoms with Gasteiger partial charge in [-0.2, -0.15) is 49.2 Å². The van der Waals surface area contributed by atoms with Crippen molar-refractivity contribution in [3.05, 3.63) is 173 Å². The van der Waals surface area contributed by atoms with E-state index in [0.29, 0.717) is 0 Å². The molecule has 1 aliphatic rings. The van der Waals surface area contributed by atoms with Crippen molar-refractivity contribution in [3.8, 4) is 0 Å². The topological polar surface area (TPSA) is 25.3 Å². The van der Waals surface area contributed by atoms with Crippen molar-refractivity contribution >= 4 is 11.4 Å². The molecule has 1 heterocycles. The van der Waals surface area contributed by atoms with Crippen molar-refractivity contribution in [2.24, 2.45) is 0 Å². The fourth-order valence-electron chi connectivity index (χ4n) is 9.91. The molecule has 0 fully saturated rings. The van der Waals surface area contributed by atoms with Gasteiger partial charge in [0.25, 0.3) is 0 Å². The minimum absolute atomic E-state index is 0. The van der Waals surface area contributed by atoms with Crippen LogP contribution in [0.2, 0.25) is 0 Å². The maximum Gasteiger partial charge on any atom is 2.00 e. The van der Waals surface area contributed by atoms with Crippen LogP contribution in [0.1, 0.15) is 272 Å². The SMILES string of the molecule is CCCCCCCCCCCCCCCCCCCCCC1=C(c2cc(CCCC)cc(CCCCC)c2)[N+](=[N-])C(c2cc(CCCC)cc(CCCCC)c2)=C1.[CH2-]c1ccccc1.[CH2-]c1ccccc1.[Pd+2]. The predicted octanol–water partition coefficient (Wildman–Crippen LogP) is 22.2. The molecule has 72 heavy (non-hydrogen) atoms. The molecule has 0 aliphatic carbocycles. The molecule has 0 saturated heterocycles. The average molecular weight is 1070 g/mol. The number of hydrogen-bond acceptors (Lipinski definition) is 0. The summed E-state index contributed by atoms with van der Waals surface area (Å²) in [5, 5.41) is 0. The van der Waals surface area contributed by atoms with Crippen molar-refractivity contribution in [1.29, 1.82) is 0 Å². The van der Waals surface area contributed by atoms with Gasteiger partial charge in [-0.1, -0.05) is 213 Å². The molecule has 0 amide bonds. The molecule has 5 rings (SSSR count). The molecule has 4 aromatic rings. The van der Waals surface area contributed by atoms with Crippen LogP contribution in [0.5, 0.6) is 0 Å². The third-order valence-electron chi connectivity index (χ3n) is 14.2. The van der Waals surface area contributed by atoms with Crippen LogP contribution in [0, 0.1) is 13.8 Å². The first-order valence-corrected chi connectivity index (χ1v) is 29.8. The van der Waals surface area contributed by atoms with Gasteiger partial charge in [-0.25, -0.2) is 4.70 Å². The zero-order chi connectivity index (χ0) is 51.0. The monoisotopic (exact) mass is 1070 g/mol. The molecule has 0 spiro atoms. The van der Waals surface area contributed by atoms with Crippen LogP contribution in [-0.4, -0.2) is 4.70 Å². The number of aryl methyl sites for hydroxylation is 4. The van der Waals surface area contributed by atoms with Gasteiger partial charge in [-0.05, 0) is 111 Å². The van der Waals surface area contributed by atoms with Gasteiger partial charge in [0.05, 0.1) is 0 Å². The van der Waals surface area contributed by atoms with Crippen molar-refractivity contribution in [2.75, 3.05) is 0 Å². The van der Waals surface area contributed by atoms with Crippen molar-refractivity contribution in [2.45, 2.75) is 253 Å². The van der Waals surface area contributed by atoms with Crippen LogP contribution >= 0.6 is 0 Å². The van der Waals surface area contributed by atoms with Gasteiger partial charge in [-0.3, -0.25) is 0 Å². The summed E-state index contributed by atoms with van der Waals surface area (Å²) >= 11 is 0. The summed E-state index contributed by atoms with van der Waals surface area (Å²) in [6, 6.07) is 34.2. The molecule has 3 heteroatoms. The maximum absolute atomic E-state index is 12.2. The number of hydrogen-bond donors (Lipinski definition) is 0. The molecule has 0 atom stereocenters. The molecule has 0 radical (unpaired) electrons. The van der Waals surface area contributed by atoms with E-state index in [1.165, 1.54) is 225 Å². The Morgan fingerprint density at radius 1 is 0.347 bits per heavy atom. The summed E-state index contributed by atoms with van der Waals surface area (Å²) in [5.74, 6) is 0. The van der Waals surface area contributed by atoms with Gasteiger partial charge in [-0.15, -0.1) is 24.3 Å². The summed E-state index contributed by atoms with van der Waals surface area (Å²) in [7, 11) is 0. The zero-order valence-corrected chi connectivity index (χ0v) is 48.5. The van der Waals surface area contributed by atoms with E-state index in [-0.39, 0.29) is 20.4 Å². The number of nitrogens with zero attached hydrogens (tertiary/aromatic N) is 2. The minimum atomic E-state index is 0. The van der Waals surface area contributed by atoms with Crippen LogP contribution in [0.3, 0.4) is 0 Å². The summed E-state index contributed by atoms with van der Waals surface area (Å²) < 4.78 is 1.59. The first-order valence-electron chi connectivity index (χ1n) is 29.8. The van der Waals surface area contributed by atoms with Gasteiger partial charge in [0.2, 0.25) is 11.4 Å². The fraction of sp³-hybridized carbons (Fsp3) is 0.565. The Balaban J connectivity index is 0.00000101. The fourth-order valence-corrected chi connectivity index (χ4v) is 9.91. The summed E-state index contributed by atoms with van der Waals surface area (Å²) in [6.45, 7) is 18.9. The second-order valence-corrected chi connectivity index (χ2v) is 21.0. The molecule has 2 nitrogen and oxygen atoms in total. The Kier molecular flexibility index (Phi) is 38.2. The van der Waals surface area contributed by atoms with E-state index in [4.69, 9.17) is 0 Å². The average Bonchev–Trinajstić information content (AvgIpc) is 3.71. The summed E-state index contributed by atoms with van der Waals surface area (Å²) in [6.07, 6.45) is 46.8. The van der Waals surface area contributed by atoms with E-state index in [9.17, 15) is 5.53 Å². The van der Waals surface area contributed by atoms with E-state index in [1.54, 1.807) is 4.70 Å². The molecule has 0 unspecified atom stereocenters. The molecule has 400 valence electrons. The van der Waals surface area contributed by atoms with Crippen molar-refractivity contribution < 1.29 is 25.1 Å². The Bertz CT molecular complexity index is 1970. The van der Waals surface area contributed by atoms with Crippen molar-refractivity contribution in [3.63, 3.8) is 0 Å². The van der Waals surface area contributed by atoms with Gasteiger partial charge >= 0.3 is 20.4 Å². The molecule has 0 N–H and O–H groups in total. The van der Waals surface area contributed by atoms with Gasteiger partial charge in [0.1, 0.15) is 0 Å². The van der Waals surface area contributed by atoms with E-state index in [2.05, 4.69) is 90.9 Å². The van der Waals surface area contributed by atoms with Crippen LogP contribution in [-0.2, 0) is 46.1 Å². The summed E-state index contributed by atoms with van der Waals surface area (Å²) in [5.41, 5.74) is 25.8. The van der Waals surface area contributed by atoms with E-state index in [0.717, 1.165) is 54.6 Å². The van der Waals surface area contributed by atoms with E-state index >= 15 is 0 Å². The molecule has 0 saturated carbocycles. The summed E-state index contributed by atoms with van der Waals surface area (Å²) in [4.78, 5) is 0. The molecular formula is C69H104N2Pd. The van der Waals surface area contributed by atoms with E-state index < -0.39 is 0 Å². The Morgan fingerprint density at radius 2 is 0.639 bits per heavy atom. The molecule has 0 bridgehead atoms. The van der Waals surface area contributed by atoms with E-state index in [1.807, 2.05) is 60.7 Å². The van der Waals surface area contributed by atoms with Gasteiger partial charge in [0, 0.05) is 22.8 Å². The van der Waals surface area contributed by atoms with Crippen LogP contribution in [0.4, 0.5) is 0 Å². The first kappa shape index (κ1) is 64.5. The number of unbranched alkanes of at least 4 members (excludes halogenated alkanes) is 24. The van der Waals surface area contributed by atoms with Gasteiger partial charge < -0.3 is 5.53 Å². The normalized spacial score (nSPS) is 12.0. The quantitative estimate of drug-likeness (QED) is 0.0188. The first-order chi connectivity index (χ1) is 34.8. The van der Waals surface area contributed by atoms with Crippen LogP contribution < -0.4 is 0 Å². The van der Waals surface area contributed by atoms with Crippen molar-refractivity contribution in [1.82, 2.24) is 0 Å². The smallest absolute Gasteiger partial charge is 0.493 e. The molecule has 0 aromatic heterocycles. The predicted molar refractivity (Wildman–Crippen MR) is 315 cm³/mol. The molecular weight excluding hydrogens is 963 g/mol. The molecule has 1 aliphatic heterocycles. The molecule has 4 aromatic carbocycles. The third kappa shape index (κ3) is 28.7. The standard InChI is InChI=1S/C55H90N2.2C7H7.Pd/c1-6-11-16-17-18-19-20-21-22-23-24-25-26-27-28-29-30-31-34-39-51-46-54(52-42-47(35-14-9-4)40-49(43-52)37-32-12-7-2)57(56)55(51)53-44-48(36-15-10-5)41-50(45-53)38-33-13-8-3;2*1-7-5-3-2-4-6-7;/h40-46H,6-39H2,1-5H3;2*2-6H,1H2;/q;2*-1;+2. The Hall–Kier alpha value is -3.64. The Morgan fingerprint density at radius 3 is 0.972 bits per heavy atom. The maximum atomic E-state index is 12.2. The second-order valence-electron chi connectivity index (χ2n) is 21.0. The van der Waals surface area contributed by atoms with Crippen LogP contribution in [0.15, 0.2) is 109 Å². The largest absolute Gasteiger partial charge is 2.00 e. The zero-order valence-electron chi connectivity index (χ0n) is 47.0. The number of allylic oxidation sites excluding steroid dienone is 2.